The summed E-state index contributed by atoms with van der Waals surface area (Å²) in [6.45, 7) is 4.94. The van der Waals surface area contributed by atoms with E-state index in [9.17, 15) is 0 Å². The van der Waals surface area contributed by atoms with Gasteiger partial charge in [0.25, 0.3) is 0 Å². The van der Waals surface area contributed by atoms with E-state index in [1.807, 2.05) is 0 Å². The summed E-state index contributed by atoms with van der Waals surface area (Å²) in [6, 6.07) is 0.617. The van der Waals surface area contributed by atoms with Crippen LogP contribution in [-0.2, 0) is 0 Å². The average molecular weight is 236 g/mol. The summed E-state index contributed by atoms with van der Waals surface area (Å²) in [5.41, 5.74) is 5.89. The van der Waals surface area contributed by atoms with E-state index in [4.69, 9.17) is 5.73 Å². The molecular weight excluding hydrogens is 212 g/mol. The first-order chi connectivity index (χ1) is 8.27. The molecule has 1 aromatic heterocycles. The van der Waals surface area contributed by atoms with E-state index in [0.29, 0.717) is 18.5 Å². The van der Waals surface area contributed by atoms with Gasteiger partial charge in [-0.25, -0.2) is 0 Å². The molecule has 4 heteroatoms. The van der Waals surface area contributed by atoms with Crippen molar-refractivity contribution in [2.24, 2.45) is 5.73 Å². The Bertz CT molecular complexity index is 352. The van der Waals surface area contributed by atoms with Crippen LogP contribution in [0.15, 0.2) is 0 Å². The standard InChI is InChI=1S/C13H24N4/c1-3-6-11(9-14)13-16-15-10(2)17(13)12-7-4-5-8-12/h11-12H,3-9,14H2,1-2H3. The van der Waals surface area contributed by atoms with Crippen LogP contribution in [0.1, 0.15) is 69.1 Å². The lowest BCUT2D eigenvalue weighted by Crippen LogP contribution is -2.20. The molecule has 0 bridgehead atoms. The molecule has 4 nitrogen and oxygen atoms in total. The largest absolute Gasteiger partial charge is 0.330 e. The third-order valence-corrected chi connectivity index (χ3v) is 3.87. The molecule has 0 saturated heterocycles. The predicted molar refractivity (Wildman–Crippen MR) is 69.0 cm³/mol. The second-order valence-electron chi connectivity index (χ2n) is 5.13. The third kappa shape index (κ3) is 2.51. The van der Waals surface area contributed by atoms with Crippen molar-refractivity contribution in [3.63, 3.8) is 0 Å². The zero-order valence-electron chi connectivity index (χ0n) is 11.0. The van der Waals surface area contributed by atoms with Crippen LogP contribution in [0.2, 0.25) is 0 Å². The Hall–Kier alpha value is -0.900. The van der Waals surface area contributed by atoms with Crippen LogP contribution in [0, 0.1) is 6.92 Å². The fourth-order valence-corrected chi connectivity index (χ4v) is 2.98. The fraction of sp³-hybridized carbons (Fsp3) is 0.846. The van der Waals surface area contributed by atoms with Crippen LogP contribution in [-0.4, -0.2) is 21.3 Å². The van der Waals surface area contributed by atoms with Gasteiger partial charge >= 0.3 is 0 Å². The number of nitrogens with zero attached hydrogens (tertiary/aromatic N) is 3. The van der Waals surface area contributed by atoms with E-state index in [-0.39, 0.29) is 0 Å². The van der Waals surface area contributed by atoms with Crippen LogP contribution in [0.3, 0.4) is 0 Å². The maximum absolute atomic E-state index is 5.89. The van der Waals surface area contributed by atoms with E-state index >= 15 is 0 Å². The van der Waals surface area contributed by atoms with Gasteiger partial charge in [-0.15, -0.1) is 10.2 Å². The first kappa shape index (κ1) is 12.6. The lowest BCUT2D eigenvalue weighted by molar-refractivity contribution is 0.456. The molecule has 0 aliphatic heterocycles. The Morgan fingerprint density at radius 2 is 2.06 bits per heavy atom. The van der Waals surface area contributed by atoms with Crippen LogP contribution in [0.4, 0.5) is 0 Å². The first-order valence-electron chi connectivity index (χ1n) is 6.89. The normalized spacial score (nSPS) is 18.8. The van der Waals surface area contributed by atoms with E-state index in [1.165, 1.54) is 25.7 Å². The Morgan fingerprint density at radius 1 is 1.35 bits per heavy atom. The van der Waals surface area contributed by atoms with Gasteiger partial charge in [0, 0.05) is 18.5 Å². The maximum atomic E-state index is 5.89. The molecule has 0 spiro atoms. The number of rotatable bonds is 5. The predicted octanol–water partition coefficient (Wildman–Crippen LogP) is 2.54. The molecule has 2 N–H and O–H groups in total. The minimum absolute atomic E-state index is 0.377. The van der Waals surface area contributed by atoms with Crippen LogP contribution < -0.4 is 5.73 Å². The molecule has 1 aliphatic carbocycles. The number of nitrogens with two attached hydrogens (primary N) is 1. The first-order valence-corrected chi connectivity index (χ1v) is 6.89. The molecule has 1 fully saturated rings. The lowest BCUT2D eigenvalue weighted by atomic mass is 10.0. The Kier molecular flexibility index (Phi) is 4.15. The molecule has 0 aromatic carbocycles. The Labute approximate surface area is 104 Å². The van der Waals surface area contributed by atoms with Gasteiger partial charge in [-0.3, -0.25) is 0 Å². The van der Waals surface area contributed by atoms with E-state index in [1.54, 1.807) is 0 Å². The summed E-state index contributed by atoms with van der Waals surface area (Å²) in [4.78, 5) is 0. The van der Waals surface area contributed by atoms with Gasteiger partial charge in [-0.2, -0.15) is 0 Å². The molecule has 0 radical (unpaired) electrons. The van der Waals surface area contributed by atoms with Gasteiger partial charge in [0.15, 0.2) is 0 Å². The van der Waals surface area contributed by atoms with Gasteiger partial charge in [0.1, 0.15) is 11.6 Å². The summed E-state index contributed by atoms with van der Waals surface area (Å²) in [5.74, 6) is 2.56. The second-order valence-corrected chi connectivity index (χ2v) is 5.13. The number of hydrogen-bond acceptors (Lipinski definition) is 3. The quantitative estimate of drug-likeness (QED) is 0.854. The van der Waals surface area contributed by atoms with Crippen molar-refractivity contribution in [2.75, 3.05) is 6.54 Å². The molecule has 1 atom stereocenters. The van der Waals surface area contributed by atoms with Crippen molar-refractivity contribution in [1.82, 2.24) is 14.8 Å². The summed E-state index contributed by atoms with van der Waals surface area (Å²) in [6.07, 6.45) is 7.48. The van der Waals surface area contributed by atoms with Gasteiger partial charge in [0.2, 0.25) is 0 Å². The van der Waals surface area contributed by atoms with E-state index in [2.05, 4.69) is 28.6 Å². The molecule has 1 heterocycles. The minimum atomic E-state index is 0.377. The molecular formula is C13H24N4. The van der Waals surface area contributed by atoms with Crippen LogP contribution in [0.5, 0.6) is 0 Å². The summed E-state index contributed by atoms with van der Waals surface area (Å²) in [5, 5.41) is 8.65. The van der Waals surface area contributed by atoms with Crippen molar-refractivity contribution in [1.29, 1.82) is 0 Å². The molecule has 1 unspecified atom stereocenters. The van der Waals surface area contributed by atoms with Gasteiger partial charge in [-0.1, -0.05) is 26.2 Å². The monoisotopic (exact) mass is 236 g/mol. The van der Waals surface area contributed by atoms with Gasteiger partial charge < -0.3 is 10.3 Å². The fourth-order valence-electron chi connectivity index (χ4n) is 2.98. The van der Waals surface area contributed by atoms with Gasteiger partial charge in [-0.05, 0) is 26.2 Å². The lowest BCUT2D eigenvalue weighted by Gasteiger charge is -2.20. The number of hydrogen-bond donors (Lipinski definition) is 1. The number of aryl methyl sites for hydroxylation is 1. The molecule has 1 aromatic rings. The summed E-state index contributed by atoms with van der Waals surface area (Å²) >= 11 is 0. The van der Waals surface area contributed by atoms with Crippen molar-refractivity contribution < 1.29 is 0 Å². The molecule has 96 valence electrons. The van der Waals surface area contributed by atoms with Crippen LogP contribution >= 0.6 is 0 Å². The van der Waals surface area contributed by atoms with Crippen molar-refractivity contribution in [3.05, 3.63) is 11.6 Å². The van der Waals surface area contributed by atoms with Gasteiger partial charge in [0.05, 0.1) is 0 Å². The Morgan fingerprint density at radius 3 is 2.65 bits per heavy atom. The molecule has 1 aliphatic rings. The van der Waals surface area contributed by atoms with Crippen molar-refractivity contribution >= 4 is 0 Å². The highest BCUT2D eigenvalue weighted by Gasteiger charge is 2.25. The third-order valence-electron chi connectivity index (χ3n) is 3.87. The van der Waals surface area contributed by atoms with Crippen molar-refractivity contribution in [3.8, 4) is 0 Å². The Balaban J connectivity index is 2.26. The molecule has 0 amide bonds. The zero-order valence-corrected chi connectivity index (χ0v) is 11.0. The highest BCUT2D eigenvalue weighted by molar-refractivity contribution is 5.05. The topological polar surface area (TPSA) is 56.7 Å². The SMILES string of the molecule is CCCC(CN)c1nnc(C)n1C1CCCC1. The molecule has 1 saturated carbocycles. The summed E-state index contributed by atoms with van der Waals surface area (Å²) < 4.78 is 2.36. The maximum Gasteiger partial charge on any atom is 0.137 e. The summed E-state index contributed by atoms with van der Waals surface area (Å²) in [7, 11) is 0. The molecule has 2 rings (SSSR count). The molecule has 17 heavy (non-hydrogen) atoms. The van der Waals surface area contributed by atoms with E-state index in [0.717, 1.165) is 24.5 Å². The minimum Gasteiger partial charge on any atom is -0.330 e. The average Bonchev–Trinajstić information content (AvgIpc) is 2.94. The van der Waals surface area contributed by atoms with E-state index < -0.39 is 0 Å². The highest BCUT2D eigenvalue weighted by Crippen LogP contribution is 2.33. The van der Waals surface area contributed by atoms with Crippen molar-refractivity contribution in [2.45, 2.75) is 64.3 Å². The van der Waals surface area contributed by atoms with Crippen LogP contribution in [0.25, 0.3) is 0 Å². The second kappa shape index (κ2) is 5.63. The smallest absolute Gasteiger partial charge is 0.137 e. The highest BCUT2D eigenvalue weighted by atomic mass is 15.3. The zero-order chi connectivity index (χ0) is 12.3. The number of aromatic nitrogens is 3.